The van der Waals surface area contributed by atoms with Gasteiger partial charge < -0.3 is 52.0 Å². The van der Waals surface area contributed by atoms with Crippen LogP contribution in [0.3, 0.4) is 0 Å². The molecule has 2 radical (unpaired) electrons. The van der Waals surface area contributed by atoms with Crippen molar-refractivity contribution in [3.8, 4) is 45.9 Å². The number of rotatable bonds is 10. The maximum Gasteiger partial charge on any atom is 1.00 e. The van der Waals surface area contributed by atoms with E-state index in [1.807, 2.05) is 90.2 Å². The van der Waals surface area contributed by atoms with E-state index >= 15 is 0 Å². The first-order valence-corrected chi connectivity index (χ1v) is 33.2. The fraction of sp³-hybridized carbons (Fsp3) is 0.346. The van der Waals surface area contributed by atoms with Crippen molar-refractivity contribution in [2.75, 3.05) is 0 Å². The van der Waals surface area contributed by atoms with E-state index in [2.05, 4.69) is 135 Å². The summed E-state index contributed by atoms with van der Waals surface area (Å²) in [6.45, 7) is 32.0. The molecular weight excluding hydrogens is 1100 g/mol. The van der Waals surface area contributed by atoms with Gasteiger partial charge in [-0.25, -0.2) is 8.78 Å². The third-order valence-corrected chi connectivity index (χ3v) is 10.4. The first-order chi connectivity index (χ1) is 28.3. The van der Waals surface area contributed by atoms with Crippen LogP contribution in [0.2, 0.25) is 58.9 Å². The van der Waals surface area contributed by atoms with E-state index in [4.69, 9.17) is 9.47 Å². The molecule has 0 aromatic heterocycles. The molecule has 4 aromatic rings. The van der Waals surface area contributed by atoms with Gasteiger partial charge in [0.05, 0.1) is 0 Å². The Morgan fingerprint density at radius 2 is 1.00 bits per heavy atom. The number of hydrogen-bond acceptors (Lipinski definition) is 2. The Kier molecular flexibility index (Phi) is 56.4. The van der Waals surface area contributed by atoms with Gasteiger partial charge in [0.15, 0.2) is 0 Å². The van der Waals surface area contributed by atoms with Crippen molar-refractivity contribution in [1.82, 2.24) is 0 Å². The number of unbranched alkanes of at least 4 members (excludes halogenated alkanes) is 1. The molecule has 0 aliphatic rings. The molecule has 0 N–H and O–H groups in total. The van der Waals surface area contributed by atoms with E-state index in [0.717, 1.165) is 40.8 Å². The molecule has 0 amide bonds. The first kappa shape index (κ1) is 78.3. The Bertz CT molecular complexity index is 1900. The quantitative estimate of drug-likeness (QED) is 0.0518. The monoisotopic (exact) mass is 1170 g/mol. The number of benzene rings is 4. The van der Waals surface area contributed by atoms with Crippen molar-refractivity contribution >= 4 is 62.7 Å². The molecule has 0 fully saturated rings. The van der Waals surface area contributed by atoms with Crippen LogP contribution in [0.1, 0.15) is 55.4 Å². The van der Waals surface area contributed by atoms with E-state index in [-0.39, 0.29) is 93.9 Å². The Balaban J connectivity index is -0.000000141. The van der Waals surface area contributed by atoms with Crippen molar-refractivity contribution < 1.29 is 93.1 Å². The van der Waals surface area contributed by atoms with Crippen LogP contribution in [0.25, 0.3) is 0 Å². The zero-order chi connectivity index (χ0) is 46.0. The number of alkyl halides is 1. The van der Waals surface area contributed by atoms with Crippen LogP contribution in [0.15, 0.2) is 97.1 Å². The molecule has 0 atom stereocenters. The van der Waals surface area contributed by atoms with Gasteiger partial charge in [-0.2, -0.15) is 13.3 Å². The van der Waals surface area contributed by atoms with Crippen molar-refractivity contribution in [2.24, 2.45) is 0 Å². The average Bonchev–Trinajstić information content (AvgIpc) is 3.20. The van der Waals surface area contributed by atoms with Crippen molar-refractivity contribution in [1.29, 1.82) is 0 Å². The van der Waals surface area contributed by atoms with Gasteiger partial charge in [0.1, 0.15) is 52.5 Å². The van der Waals surface area contributed by atoms with Crippen molar-refractivity contribution in [3.63, 3.8) is 0 Å². The normalized spacial score (nSPS) is 9.12. The molecule has 0 unspecified atom stereocenters. The summed E-state index contributed by atoms with van der Waals surface area (Å²) in [5.41, 5.74) is 13.5. The van der Waals surface area contributed by atoms with Gasteiger partial charge in [-0.05, 0) is 66.4 Å². The Morgan fingerprint density at radius 3 is 1.29 bits per heavy atom. The summed E-state index contributed by atoms with van der Waals surface area (Å²) in [4.78, 5) is 3.22. The molecule has 65 heavy (non-hydrogen) atoms. The SMILES string of the molecule is CC#C[Si](C)(C)C.C[Si](C)(C)C#CCCc1cc(F)ccc1OCc1ccccc1.Fc1ccc(OCc2ccccc2)c(CBr)c1.[CH2-]C#C[Si](C)(C)C.[CH2-]CCC.[CH2-]I.[CH3-].[Li+].[Li+].[V].[V]. The van der Waals surface area contributed by atoms with Gasteiger partial charge in [0.25, 0.3) is 0 Å². The van der Waals surface area contributed by atoms with Crippen LogP contribution in [0.5, 0.6) is 11.5 Å². The molecule has 2 nitrogen and oxygen atoms in total. The minimum atomic E-state index is -1.35. The van der Waals surface area contributed by atoms with Crippen LogP contribution in [-0.4, -0.2) is 24.2 Å². The molecular formula is C52H72BrF2ILi2O2Si3V2-2. The summed E-state index contributed by atoms with van der Waals surface area (Å²) in [6, 6.07) is 29.1. The molecule has 0 aliphatic carbocycles. The fourth-order valence-corrected chi connectivity index (χ4v) is 6.69. The third-order valence-electron chi connectivity index (χ3n) is 6.96. The van der Waals surface area contributed by atoms with Gasteiger partial charge in [0.2, 0.25) is 0 Å². The topological polar surface area (TPSA) is 18.5 Å². The van der Waals surface area contributed by atoms with Crippen molar-refractivity contribution in [2.45, 2.75) is 117 Å². The maximum absolute atomic E-state index is 13.5. The summed E-state index contributed by atoms with van der Waals surface area (Å²) < 4.78 is 38.1. The maximum atomic E-state index is 13.5. The number of halogens is 4. The van der Waals surface area contributed by atoms with Crippen LogP contribution >= 0.6 is 38.5 Å². The Labute approximate surface area is 470 Å². The molecule has 0 heterocycles. The minimum Gasteiger partial charge on any atom is -0.489 e. The van der Waals surface area contributed by atoms with Crippen LogP contribution < -0.4 is 47.2 Å². The number of hydrogen-bond donors (Lipinski definition) is 0. The Morgan fingerprint density at radius 1 is 0.631 bits per heavy atom. The van der Waals surface area contributed by atoms with E-state index in [9.17, 15) is 8.78 Å². The molecule has 13 heteroatoms. The molecule has 0 saturated carbocycles. The van der Waals surface area contributed by atoms with E-state index in [1.165, 1.54) is 24.6 Å². The minimum absolute atomic E-state index is 0. The first-order valence-electron chi connectivity index (χ1n) is 20.0. The van der Waals surface area contributed by atoms with Crippen molar-refractivity contribution in [3.05, 3.63) is 157 Å². The van der Waals surface area contributed by atoms with Gasteiger partial charge in [-0.3, -0.25) is 10.9 Å². The van der Waals surface area contributed by atoms with Crippen LogP contribution in [-0.2, 0) is 62.1 Å². The Hall–Kier alpha value is -0.886. The zero-order valence-electron chi connectivity index (χ0n) is 42.0. The molecule has 4 aromatic carbocycles. The predicted octanol–water partition coefficient (Wildman–Crippen LogP) is 10.4. The van der Waals surface area contributed by atoms with Gasteiger partial charge >= 0.3 is 37.7 Å². The number of aryl methyl sites for hydroxylation is 1. The van der Waals surface area contributed by atoms with Gasteiger partial charge in [0, 0.05) is 62.5 Å². The van der Waals surface area contributed by atoms with Crippen LogP contribution in [0.4, 0.5) is 8.78 Å². The standard InChI is InChI=1S/C20H23FOSi.C14H12BrFO.C6H12Si.C6H11Si.C4H9.CH2I.CH3.2Li.2V/c1-23(2,3)14-8-7-11-18-15-19(21)12-13-20(18)22-16-17-9-5-4-6-10-17;15-9-12-8-13(16)6-7-14(12)17-10-11-4-2-1-3-5-11;2*1-5-6-7(2,3)4;1-3-4-2;1-2;;;;;/h4-6,9-10,12-13,15H,7,11,16H2,1-3H3;1-8H,9-10H2;1-4H3;1H2,2-4H3;1,3-4H2,2H3;1H2;1H3;;;;/q;;;4*-1;2*+1;;. The second-order valence-electron chi connectivity index (χ2n) is 16.3. The largest absolute Gasteiger partial charge is 1.00 e. The van der Waals surface area contributed by atoms with E-state index in [1.54, 1.807) is 18.2 Å². The summed E-state index contributed by atoms with van der Waals surface area (Å²) in [7, 11) is -3.44. The second kappa shape index (κ2) is 46.8. The molecule has 0 saturated heterocycles. The molecule has 0 aliphatic heterocycles. The predicted molar refractivity (Wildman–Crippen MR) is 286 cm³/mol. The molecule has 346 valence electrons. The van der Waals surface area contributed by atoms with E-state index in [0.29, 0.717) is 30.7 Å². The van der Waals surface area contributed by atoms with E-state index < -0.39 is 24.2 Å². The molecule has 0 bridgehead atoms. The molecule has 0 spiro atoms. The van der Waals surface area contributed by atoms with Gasteiger partial charge in [-0.1, -0.05) is 149 Å². The third kappa shape index (κ3) is 48.0. The van der Waals surface area contributed by atoms with Gasteiger partial charge in [-0.15, -0.1) is 22.9 Å². The summed E-state index contributed by atoms with van der Waals surface area (Å²) in [5.74, 6) is 9.80. The summed E-state index contributed by atoms with van der Waals surface area (Å²) >= 11 is 5.22. The summed E-state index contributed by atoms with van der Waals surface area (Å²) in [6.07, 6.45) is 3.72. The second-order valence-corrected chi connectivity index (χ2v) is 31.1. The molecule has 4 rings (SSSR count). The zero-order valence-corrected chi connectivity index (χ0v) is 51.6. The fourth-order valence-electron chi connectivity index (χ4n) is 4.31. The van der Waals surface area contributed by atoms with Crippen LogP contribution in [0, 0.1) is 72.2 Å². The average molecular weight is 1170 g/mol. The smallest absolute Gasteiger partial charge is 0.489 e. The summed E-state index contributed by atoms with van der Waals surface area (Å²) in [5, 5.41) is 0.578. The number of ether oxygens (including phenoxy) is 2.